The molecule has 1 unspecified atom stereocenters. The van der Waals surface area contributed by atoms with Crippen molar-refractivity contribution in [2.75, 3.05) is 32.0 Å². The third-order valence-electron chi connectivity index (χ3n) is 4.80. The molecule has 33 heavy (non-hydrogen) atoms. The zero-order valence-corrected chi connectivity index (χ0v) is 20.2. The van der Waals surface area contributed by atoms with Crippen LogP contribution in [0.25, 0.3) is 11.2 Å². The Kier molecular flexibility index (Phi) is 9.88. The van der Waals surface area contributed by atoms with Crippen LogP contribution in [0.4, 0.5) is 5.82 Å². The smallest absolute Gasteiger partial charge is 0.388 e. The highest BCUT2D eigenvalue weighted by molar-refractivity contribution is 7.60. The summed E-state index contributed by atoms with van der Waals surface area (Å²) in [6, 6.07) is 0. The normalized spacial score (nSPS) is 22.8. The zero-order chi connectivity index (χ0) is 24.8. The van der Waals surface area contributed by atoms with E-state index < -0.39 is 40.7 Å². The van der Waals surface area contributed by atoms with Crippen molar-refractivity contribution in [2.45, 2.75) is 45.6 Å². The summed E-state index contributed by atoms with van der Waals surface area (Å²) in [6.45, 7) is 9.57. The zero-order valence-electron chi connectivity index (χ0n) is 18.5. The first kappa shape index (κ1) is 27.7. The SMILES string of the molecule is CCN(CC)CC.Nc1ncnc2c1ncn2[C@@H]1O[C@H](COP(=O)(O)OP(=O)(O)O)C[C@H]1O. The molecule has 0 aliphatic carbocycles. The first-order valence-electron chi connectivity index (χ1n) is 10.1. The summed E-state index contributed by atoms with van der Waals surface area (Å²) in [5.74, 6) is 0.150. The molecule has 1 aliphatic heterocycles. The van der Waals surface area contributed by atoms with Crippen molar-refractivity contribution in [3.8, 4) is 0 Å². The van der Waals surface area contributed by atoms with Crippen molar-refractivity contribution < 1.29 is 42.5 Å². The van der Waals surface area contributed by atoms with Crippen LogP contribution in [-0.4, -0.2) is 82.7 Å². The summed E-state index contributed by atoms with van der Waals surface area (Å²) in [7, 11) is -10.2. The van der Waals surface area contributed by atoms with Gasteiger partial charge in [-0.25, -0.2) is 24.1 Å². The quantitative estimate of drug-likeness (QED) is 0.291. The number of nitrogens with two attached hydrogens (primary N) is 1. The maximum absolute atomic E-state index is 11.4. The summed E-state index contributed by atoms with van der Waals surface area (Å²) < 4.78 is 37.2. The van der Waals surface area contributed by atoms with E-state index in [2.05, 4.69) is 49.5 Å². The molecule has 6 N–H and O–H groups in total. The van der Waals surface area contributed by atoms with Gasteiger partial charge in [-0.05, 0) is 19.6 Å². The van der Waals surface area contributed by atoms with Gasteiger partial charge in [-0.2, -0.15) is 4.31 Å². The van der Waals surface area contributed by atoms with Gasteiger partial charge in [0, 0.05) is 6.42 Å². The van der Waals surface area contributed by atoms with E-state index in [1.165, 1.54) is 36.9 Å². The Morgan fingerprint density at radius 3 is 2.36 bits per heavy atom. The van der Waals surface area contributed by atoms with E-state index >= 15 is 0 Å². The second kappa shape index (κ2) is 11.8. The van der Waals surface area contributed by atoms with Gasteiger partial charge in [0.05, 0.1) is 19.0 Å². The molecule has 0 aromatic carbocycles. The molecule has 1 aliphatic rings. The predicted octanol–water partition coefficient (Wildman–Crippen LogP) is 0.631. The number of anilines is 1. The summed E-state index contributed by atoms with van der Waals surface area (Å²) in [6.07, 6.45) is -0.227. The fraction of sp³-hybridized carbons (Fsp3) is 0.688. The van der Waals surface area contributed by atoms with Gasteiger partial charge in [-0.1, -0.05) is 20.8 Å². The van der Waals surface area contributed by atoms with Crippen LogP contribution >= 0.6 is 15.6 Å². The maximum Gasteiger partial charge on any atom is 0.481 e. The van der Waals surface area contributed by atoms with Crippen LogP contribution in [0, 0.1) is 0 Å². The number of fused-ring (bicyclic) bond motifs is 1. The minimum atomic E-state index is -5.21. The maximum atomic E-state index is 11.4. The molecule has 1 fully saturated rings. The summed E-state index contributed by atoms with van der Waals surface area (Å²) in [4.78, 5) is 40.6. The molecule has 3 rings (SSSR count). The predicted molar refractivity (Wildman–Crippen MR) is 117 cm³/mol. The van der Waals surface area contributed by atoms with Crippen molar-refractivity contribution in [2.24, 2.45) is 0 Å². The number of phosphoric acid groups is 2. The number of aliphatic hydroxyl groups excluding tert-OH is 1. The summed E-state index contributed by atoms with van der Waals surface area (Å²) in [5, 5.41) is 10.2. The lowest BCUT2D eigenvalue weighted by molar-refractivity contribution is -0.0481. The highest BCUT2D eigenvalue weighted by atomic mass is 31.3. The van der Waals surface area contributed by atoms with E-state index in [1.54, 1.807) is 0 Å². The highest BCUT2D eigenvalue weighted by Gasteiger charge is 2.39. The van der Waals surface area contributed by atoms with E-state index in [0.29, 0.717) is 11.2 Å². The fourth-order valence-corrected chi connectivity index (χ4v) is 4.77. The average Bonchev–Trinajstić information content (AvgIpc) is 3.30. The lowest BCUT2D eigenvalue weighted by atomic mass is 10.2. The number of nitrogens with zero attached hydrogens (tertiary/aromatic N) is 5. The van der Waals surface area contributed by atoms with Gasteiger partial charge in [0.15, 0.2) is 17.7 Å². The van der Waals surface area contributed by atoms with E-state index in [4.69, 9.17) is 20.3 Å². The van der Waals surface area contributed by atoms with Crippen molar-refractivity contribution in [1.29, 1.82) is 0 Å². The Bertz CT molecular complexity index is 992. The van der Waals surface area contributed by atoms with Gasteiger partial charge in [0.25, 0.3) is 0 Å². The molecule has 188 valence electrons. The molecule has 0 bridgehead atoms. The molecule has 0 saturated carbocycles. The van der Waals surface area contributed by atoms with Gasteiger partial charge in [0.2, 0.25) is 0 Å². The molecule has 0 radical (unpaired) electrons. The van der Waals surface area contributed by atoms with Crippen molar-refractivity contribution >= 4 is 32.6 Å². The lowest BCUT2D eigenvalue weighted by Crippen LogP contribution is -2.21. The Morgan fingerprint density at radius 1 is 1.18 bits per heavy atom. The number of hydrogen-bond acceptors (Lipinski definition) is 11. The molecule has 4 atom stereocenters. The number of hydrogen-bond donors (Lipinski definition) is 5. The molecule has 3 heterocycles. The number of imidazole rings is 1. The van der Waals surface area contributed by atoms with Crippen LogP contribution in [0.2, 0.25) is 0 Å². The Morgan fingerprint density at radius 2 is 1.82 bits per heavy atom. The molecule has 1 saturated heterocycles. The third kappa shape index (κ3) is 8.04. The molecule has 0 amide bonds. The van der Waals surface area contributed by atoms with E-state index in [-0.39, 0.29) is 12.2 Å². The average molecular weight is 512 g/mol. The van der Waals surface area contributed by atoms with E-state index in [9.17, 15) is 19.1 Å². The van der Waals surface area contributed by atoms with E-state index in [1.807, 2.05) is 0 Å². The Hall–Kier alpha value is -1.51. The molecule has 0 spiro atoms. The first-order chi connectivity index (χ1) is 15.4. The molecule has 2 aromatic heterocycles. The number of aromatic nitrogens is 4. The third-order valence-corrected chi connectivity index (χ3v) is 6.95. The van der Waals surface area contributed by atoms with Gasteiger partial charge < -0.3 is 35.2 Å². The Balaban J connectivity index is 0.000000479. The van der Waals surface area contributed by atoms with Crippen molar-refractivity contribution in [3.63, 3.8) is 0 Å². The van der Waals surface area contributed by atoms with Crippen LogP contribution in [0.5, 0.6) is 0 Å². The van der Waals surface area contributed by atoms with E-state index in [0.717, 1.165) is 0 Å². The number of nitrogen functional groups attached to an aromatic ring is 1. The largest absolute Gasteiger partial charge is 0.481 e. The molecule has 17 heteroatoms. The molecular formula is C16H30N6O9P2. The van der Waals surface area contributed by atoms with Crippen LogP contribution in [0.1, 0.15) is 33.4 Å². The van der Waals surface area contributed by atoms with Gasteiger partial charge in [-0.15, -0.1) is 0 Å². The van der Waals surface area contributed by atoms with Crippen molar-refractivity contribution in [3.05, 3.63) is 12.7 Å². The van der Waals surface area contributed by atoms with Crippen LogP contribution in [-0.2, 0) is 22.7 Å². The second-order valence-corrected chi connectivity index (χ2v) is 9.82. The molecular weight excluding hydrogens is 482 g/mol. The lowest BCUT2D eigenvalue weighted by Gasteiger charge is -2.17. The monoisotopic (exact) mass is 512 g/mol. The van der Waals surface area contributed by atoms with Crippen LogP contribution in [0.15, 0.2) is 12.7 Å². The van der Waals surface area contributed by atoms with Gasteiger partial charge >= 0.3 is 15.6 Å². The fourth-order valence-electron chi connectivity index (χ4n) is 3.15. The van der Waals surface area contributed by atoms with Crippen LogP contribution in [0.3, 0.4) is 0 Å². The Labute approximate surface area is 190 Å². The summed E-state index contributed by atoms with van der Waals surface area (Å²) >= 11 is 0. The first-order valence-corrected chi connectivity index (χ1v) is 13.2. The van der Waals surface area contributed by atoms with Gasteiger partial charge in [-0.3, -0.25) is 9.09 Å². The minimum absolute atomic E-state index is 0.0147. The minimum Gasteiger partial charge on any atom is -0.388 e. The number of rotatable bonds is 9. The summed E-state index contributed by atoms with van der Waals surface area (Å²) in [5.41, 5.74) is 6.33. The van der Waals surface area contributed by atoms with Gasteiger partial charge in [0.1, 0.15) is 17.9 Å². The molecule has 15 nitrogen and oxygen atoms in total. The topological polar surface area (TPSA) is 216 Å². The number of ether oxygens (including phenoxy) is 1. The standard InChI is InChI=1S/C10H15N5O9P2.C6H15N/c11-8-7-9(13-3-12-8)15(4-14-7)10-6(16)1-5(23-10)2-22-26(20,21)24-25(17,18)19;1-4-7(5-2)6-3/h3-6,10,16H,1-2H2,(H,20,21)(H2,11,12,13)(H2,17,18,19);4-6H2,1-3H3/t5-,6+,10+;/m0./s1. The van der Waals surface area contributed by atoms with Crippen molar-refractivity contribution in [1.82, 2.24) is 24.4 Å². The van der Waals surface area contributed by atoms with Crippen LogP contribution < -0.4 is 5.73 Å². The second-order valence-electron chi connectivity index (χ2n) is 6.99. The number of aliphatic hydroxyl groups is 1. The number of phosphoric ester groups is 1. The highest BCUT2D eigenvalue weighted by Crippen LogP contribution is 2.57. The molecule has 2 aromatic rings.